The fourth-order valence-corrected chi connectivity index (χ4v) is 3.24. The summed E-state index contributed by atoms with van der Waals surface area (Å²) in [7, 11) is 0. The van der Waals surface area contributed by atoms with Gasteiger partial charge in [0, 0.05) is 16.8 Å². The number of aromatic nitrogens is 2. The van der Waals surface area contributed by atoms with E-state index in [9.17, 15) is 0 Å². The summed E-state index contributed by atoms with van der Waals surface area (Å²) in [5, 5.41) is 1.49. The van der Waals surface area contributed by atoms with Crippen LogP contribution in [0.2, 0.25) is 5.02 Å². The summed E-state index contributed by atoms with van der Waals surface area (Å²) in [6, 6.07) is 19.9. The first-order valence-corrected chi connectivity index (χ1v) is 8.91. The Hall–Kier alpha value is -2.85. The normalized spacial score (nSPS) is 12.4. The van der Waals surface area contributed by atoms with E-state index in [4.69, 9.17) is 22.3 Å². The van der Waals surface area contributed by atoms with E-state index in [-0.39, 0.29) is 6.04 Å². The van der Waals surface area contributed by atoms with Crippen LogP contribution in [0.1, 0.15) is 13.8 Å². The molecule has 0 aromatic heterocycles. The quantitative estimate of drug-likeness (QED) is 0.416. The van der Waals surface area contributed by atoms with Crippen molar-refractivity contribution in [3.63, 3.8) is 0 Å². The maximum absolute atomic E-state index is 6.23. The first-order valence-electron chi connectivity index (χ1n) is 8.54. The smallest absolute Gasteiger partial charge is 0.0900 e. The zero-order valence-electron chi connectivity index (χ0n) is 14.6. The molecule has 4 nitrogen and oxygen atoms in total. The second-order valence-electron chi connectivity index (χ2n) is 6.53. The lowest BCUT2D eigenvalue weighted by molar-refractivity contribution is 0.806. The molecule has 0 radical (unpaired) electrons. The Morgan fingerprint density at radius 2 is 1.77 bits per heavy atom. The number of anilines is 1. The number of hydrogen-bond acceptors (Lipinski definition) is 3. The van der Waals surface area contributed by atoms with Gasteiger partial charge in [0.05, 0.1) is 33.5 Å². The molecule has 2 aromatic rings. The maximum atomic E-state index is 6.23. The Balaban J connectivity index is 2.15. The highest BCUT2D eigenvalue weighted by molar-refractivity contribution is 6.30. The van der Waals surface area contributed by atoms with Crippen molar-refractivity contribution < 1.29 is 0 Å². The van der Waals surface area contributed by atoms with Crippen molar-refractivity contribution in [1.29, 1.82) is 0 Å². The summed E-state index contributed by atoms with van der Waals surface area (Å²) in [5.41, 5.74) is 11.6. The van der Waals surface area contributed by atoms with E-state index in [0.29, 0.717) is 10.7 Å². The van der Waals surface area contributed by atoms with Crippen LogP contribution in [-0.2, 0) is 0 Å². The second kappa shape index (κ2) is 6.46. The molecule has 1 heterocycles. The number of fused-ring (bicyclic) bond motifs is 2. The van der Waals surface area contributed by atoms with Crippen molar-refractivity contribution in [3.8, 4) is 17.1 Å². The molecule has 0 saturated heterocycles. The van der Waals surface area contributed by atoms with Gasteiger partial charge in [0.25, 0.3) is 0 Å². The van der Waals surface area contributed by atoms with E-state index in [0.717, 1.165) is 33.5 Å². The number of rotatable bonds is 2. The van der Waals surface area contributed by atoms with Crippen LogP contribution in [0, 0.1) is 0 Å². The van der Waals surface area contributed by atoms with Crippen LogP contribution in [0.4, 0.5) is 5.69 Å². The molecule has 2 aromatic carbocycles. The van der Waals surface area contributed by atoms with Gasteiger partial charge in [-0.1, -0.05) is 23.7 Å². The summed E-state index contributed by atoms with van der Waals surface area (Å²) < 4.78 is 2.17. The van der Waals surface area contributed by atoms with Crippen LogP contribution in [0.5, 0.6) is 0 Å². The van der Waals surface area contributed by atoms with Gasteiger partial charge < -0.3 is 10.3 Å². The monoisotopic (exact) mass is 362 g/mol. The Kier molecular flexibility index (Phi) is 4.13. The minimum atomic E-state index is 0.159. The zero-order chi connectivity index (χ0) is 18.3. The van der Waals surface area contributed by atoms with Gasteiger partial charge >= 0.3 is 0 Å². The third-order valence-electron chi connectivity index (χ3n) is 4.21. The van der Waals surface area contributed by atoms with Crippen molar-refractivity contribution in [1.82, 2.24) is 9.55 Å². The summed E-state index contributed by atoms with van der Waals surface area (Å²) in [6.07, 6.45) is 0. The molecule has 0 spiro atoms. The molecular weight excluding hydrogens is 344 g/mol. The molecule has 26 heavy (non-hydrogen) atoms. The van der Waals surface area contributed by atoms with Crippen LogP contribution in [0.15, 0.2) is 65.7 Å². The van der Waals surface area contributed by atoms with Crippen LogP contribution < -0.4 is 11.1 Å². The maximum Gasteiger partial charge on any atom is 0.0900 e. The molecule has 1 aliphatic carbocycles. The summed E-state index contributed by atoms with van der Waals surface area (Å²) in [5.74, 6) is 0. The number of nitrogens with two attached hydrogens (primary N) is 1. The third kappa shape index (κ3) is 2.93. The van der Waals surface area contributed by atoms with Gasteiger partial charge in [-0.15, -0.1) is 0 Å². The zero-order valence-corrected chi connectivity index (χ0v) is 15.4. The molecule has 5 heteroatoms. The van der Waals surface area contributed by atoms with Gasteiger partial charge in [-0.3, -0.25) is 4.99 Å². The minimum absolute atomic E-state index is 0.159. The lowest BCUT2D eigenvalue weighted by Gasteiger charge is -2.19. The largest absolute Gasteiger partial charge is 0.397 e. The summed E-state index contributed by atoms with van der Waals surface area (Å²) in [4.78, 5) is 9.44. The molecule has 0 saturated carbocycles. The van der Waals surface area contributed by atoms with Gasteiger partial charge in [0.15, 0.2) is 0 Å². The molecule has 130 valence electrons. The third-order valence-corrected chi connectivity index (χ3v) is 4.46. The Morgan fingerprint density at radius 3 is 2.50 bits per heavy atom. The lowest BCUT2D eigenvalue weighted by Crippen LogP contribution is -2.16. The second-order valence-corrected chi connectivity index (χ2v) is 6.97. The molecule has 4 rings (SSSR count). The van der Waals surface area contributed by atoms with Gasteiger partial charge in [-0.05, 0) is 62.4 Å². The number of halogens is 1. The van der Waals surface area contributed by atoms with E-state index in [1.165, 1.54) is 0 Å². The first kappa shape index (κ1) is 16.6. The van der Waals surface area contributed by atoms with Crippen molar-refractivity contribution >= 4 is 28.3 Å². The molecule has 2 aliphatic rings. The average molecular weight is 363 g/mol. The molecule has 0 unspecified atom stereocenters. The van der Waals surface area contributed by atoms with Crippen LogP contribution in [-0.4, -0.2) is 15.6 Å². The Labute approximate surface area is 156 Å². The predicted octanol–water partition coefficient (Wildman–Crippen LogP) is 4.68. The van der Waals surface area contributed by atoms with Crippen molar-refractivity contribution in [3.05, 3.63) is 71.0 Å². The highest BCUT2D eigenvalue weighted by Crippen LogP contribution is 2.29. The van der Waals surface area contributed by atoms with Crippen molar-refractivity contribution in [2.45, 2.75) is 19.9 Å². The first-order chi connectivity index (χ1) is 12.5. The van der Waals surface area contributed by atoms with Gasteiger partial charge in [0.1, 0.15) is 0 Å². The van der Waals surface area contributed by atoms with Gasteiger partial charge in [-0.25, -0.2) is 4.98 Å². The highest BCUT2D eigenvalue weighted by Gasteiger charge is 2.15. The van der Waals surface area contributed by atoms with Crippen LogP contribution in [0.25, 0.3) is 28.1 Å². The number of benzene rings is 3. The molecule has 0 fully saturated rings. The fraction of sp³-hybridized carbons (Fsp3) is 0.143. The lowest BCUT2D eigenvalue weighted by atomic mass is 10.1. The SMILES string of the molecule is CC(C)/N=c1\cc2n(-c3ccc(Cl)cc3)c3ccccc3nc-2cc1N. The fourth-order valence-electron chi connectivity index (χ4n) is 3.12. The average Bonchev–Trinajstić information content (AvgIpc) is 2.61. The van der Waals surface area contributed by atoms with E-state index in [2.05, 4.69) is 15.6 Å². The molecule has 1 aliphatic heterocycles. The Bertz CT molecular complexity index is 1130. The van der Waals surface area contributed by atoms with E-state index < -0.39 is 0 Å². The molecular formula is C21H19ClN4. The summed E-state index contributed by atoms with van der Waals surface area (Å²) in [6.45, 7) is 4.07. The molecule has 0 bridgehead atoms. The van der Waals surface area contributed by atoms with Gasteiger partial charge in [0.2, 0.25) is 0 Å². The Morgan fingerprint density at radius 1 is 1.04 bits per heavy atom. The number of nitrogen functional groups attached to an aromatic ring is 1. The van der Waals surface area contributed by atoms with Crippen LogP contribution >= 0.6 is 11.6 Å². The van der Waals surface area contributed by atoms with E-state index >= 15 is 0 Å². The van der Waals surface area contributed by atoms with Gasteiger partial charge in [-0.2, -0.15) is 0 Å². The van der Waals surface area contributed by atoms with Crippen molar-refractivity contribution in [2.75, 3.05) is 5.73 Å². The minimum Gasteiger partial charge on any atom is -0.397 e. The number of hydrogen-bond donors (Lipinski definition) is 1. The highest BCUT2D eigenvalue weighted by atomic mass is 35.5. The summed E-state index contributed by atoms with van der Waals surface area (Å²) >= 11 is 6.09. The van der Waals surface area contributed by atoms with Crippen molar-refractivity contribution in [2.24, 2.45) is 4.99 Å². The number of para-hydroxylation sites is 2. The standard InChI is InChI=1S/C21H19ClN4/c1-13(2)24-18-12-21-19(11-16(18)23)25-17-5-3-4-6-20(17)26(21)15-9-7-14(22)8-10-15/h3-13H,23H2,1-2H3/b24-18+. The predicted molar refractivity (Wildman–Crippen MR) is 108 cm³/mol. The van der Waals surface area contributed by atoms with E-state index in [1.807, 2.05) is 68.4 Å². The van der Waals surface area contributed by atoms with Crippen LogP contribution in [0.3, 0.4) is 0 Å². The number of nitrogens with zero attached hydrogens (tertiary/aromatic N) is 3. The molecule has 0 amide bonds. The molecule has 2 N–H and O–H groups in total. The molecule has 0 atom stereocenters. The topological polar surface area (TPSA) is 56.2 Å². The van der Waals surface area contributed by atoms with E-state index in [1.54, 1.807) is 0 Å².